The maximum atomic E-state index is 11.4. The fourth-order valence-electron chi connectivity index (χ4n) is 2.96. The zero-order valence-electron chi connectivity index (χ0n) is 13.9. The highest BCUT2D eigenvalue weighted by molar-refractivity contribution is 5.86. The van der Waals surface area contributed by atoms with Gasteiger partial charge in [0.15, 0.2) is 5.69 Å². The molecule has 3 rings (SSSR count). The minimum atomic E-state index is -0.985. The standard InChI is InChI=1S/C18H23N3O2/c1-18(2,3)14-9-7-12(8-10-14)11-21-16(13-5-4-6-13)15(17(22)23)19-20-21/h7-10,13H,4-6,11H2,1-3H3,(H,22,23). The maximum Gasteiger partial charge on any atom is 0.358 e. The van der Waals surface area contributed by atoms with Crippen LogP contribution in [0.4, 0.5) is 0 Å². The van der Waals surface area contributed by atoms with Crippen LogP contribution in [0, 0.1) is 0 Å². The highest BCUT2D eigenvalue weighted by Crippen LogP contribution is 2.37. The summed E-state index contributed by atoms with van der Waals surface area (Å²) in [5.41, 5.74) is 3.41. The van der Waals surface area contributed by atoms with E-state index in [4.69, 9.17) is 0 Å². The Morgan fingerprint density at radius 2 is 1.91 bits per heavy atom. The van der Waals surface area contributed by atoms with E-state index < -0.39 is 5.97 Å². The number of hydrogen-bond acceptors (Lipinski definition) is 3. The molecule has 122 valence electrons. The summed E-state index contributed by atoms with van der Waals surface area (Å²) in [7, 11) is 0. The summed E-state index contributed by atoms with van der Waals surface area (Å²) in [6, 6.07) is 8.45. The number of benzene rings is 1. The minimum absolute atomic E-state index is 0.112. The predicted octanol–water partition coefficient (Wildman–Crippen LogP) is 3.59. The number of aromatic carboxylic acids is 1. The molecule has 1 fully saturated rings. The van der Waals surface area contributed by atoms with E-state index in [1.165, 1.54) is 5.56 Å². The molecule has 5 heteroatoms. The van der Waals surface area contributed by atoms with Crippen molar-refractivity contribution in [2.45, 2.75) is 57.9 Å². The van der Waals surface area contributed by atoms with Crippen LogP contribution in [0.2, 0.25) is 0 Å². The van der Waals surface area contributed by atoms with Crippen LogP contribution >= 0.6 is 0 Å². The molecule has 0 saturated heterocycles. The van der Waals surface area contributed by atoms with Gasteiger partial charge >= 0.3 is 5.97 Å². The molecule has 1 aromatic carbocycles. The molecule has 0 amide bonds. The quantitative estimate of drug-likeness (QED) is 0.936. The summed E-state index contributed by atoms with van der Waals surface area (Å²) < 4.78 is 1.76. The summed E-state index contributed by atoms with van der Waals surface area (Å²) in [6.07, 6.45) is 3.20. The Labute approximate surface area is 136 Å². The molecule has 1 saturated carbocycles. The molecule has 1 N–H and O–H groups in total. The van der Waals surface area contributed by atoms with Crippen LogP contribution in [0.3, 0.4) is 0 Å². The number of carboxylic acid groups (broad SMARTS) is 1. The molecule has 0 unspecified atom stereocenters. The molecule has 1 aliphatic rings. The first-order valence-electron chi connectivity index (χ1n) is 8.12. The highest BCUT2D eigenvalue weighted by atomic mass is 16.4. The fourth-order valence-corrected chi connectivity index (χ4v) is 2.96. The number of rotatable bonds is 4. The summed E-state index contributed by atoms with van der Waals surface area (Å²) in [5.74, 6) is -0.703. The van der Waals surface area contributed by atoms with Crippen molar-refractivity contribution in [3.8, 4) is 0 Å². The van der Waals surface area contributed by atoms with Crippen LogP contribution in [0.15, 0.2) is 24.3 Å². The second kappa shape index (κ2) is 5.80. The minimum Gasteiger partial charge on any atom is -0.476 e. The van der Waals surface area contributed by atoms with Gasteiger partial charge in [0.1, 0.15) is 0 Å². The first-order valence-corrected chi connectivity index (χ1v) is 8.12. The molecule has 1 aromatic heterocycles. The molecule has 5 nitrogen and oxygen atoms in total. The van der Waals surface area contributed by atoms with Crippen molar-refractivity contribution in [2.24, 2.45) is 0 Å². The Bertz CT molecular complexity index is 707. The number of carboxylic acids is 1. The molecule has 1 heterocycles. The lowest BCUT2D eigenvalue weighted by atomic mass is 9.82. The van der Waals surface area contributed by atoms with Gasteiger partial charge in [-0.05, 0) is 29.4 Å². The highest BCUT2D eigenvalue weighted by Gasteiger charge is 2.30. The van der Waals surface area contributed by atoms with Gasteiger partial charge in [0.2, 0.25) is 0 Å². The van der Waals surface area contributed by atoms with Crippen molar-refractivity contribution in [2.75, 3.05) is 0 Å². The van der Waals surface area contributed by atoms with E-state index in [0.717, 1.165) is 30.5 Å². The van der Waals surface area contributed by atoms with Gasteiger partial charge in [0, 0.05) is 5.92 Å². The number of carbonyl (C=O) groups is 1. The smallest absolute Gasteiger partial charge is 0.358 e. The Hall–Kier alpha value is -2.17. The van der Waals surface area contributed by atoms with Crippen LogP contribution in [-0.4, -0.2) is 26.1 Å². The molecule has 1 aliphatic carbocycles. The second-order valence-electron chi connectivity index (χ2n) is 7.36. The first kappa shape index (κ1) is 15.7. The SMILES string of the molecule is CC(C)(C)c1ccc(Cn2nnc(C(=O)O)c2C2CCC2)cc1. The molecule has 0 radical (unpaired) electrons. The van der Waals surface area contributed by atoms with E-state index in [-0.39, 0.29) is 17.0 Å². The molecule has 0 aliphatic heterocycles. The summed E-state index contributed by atoms with van der Waals surface area (Å²) in [5, 5.41) is 17.3. The molecule has 0 spiro atoms. The second-order valence-corrected chi connectivity index (χ2v) is 7.36. The van der Waals surface area contributed by atoms with Gasteiger partial charge in [-0.25, -0.2) is 9.48 Å². The number of aromatic nitrogens is 3. The molecule has 0 atom stereocenters. The van der Waals surface area contributed by atoms with Crippen LogP contribution < -0.4 is 0 Å². The van der Waals surface area contributed by atoms with Gasteiger partial charge in [-0.3, -0.25) is 0 Å². The first-order chi connectivity index (χ1) is 10.9. The Balaban J connectivity index is 1.87. The van der Waals surface area contributed by atoms with E-state index in [1.807, 2.05) is 0 Å². The van der Waals surface area contributed by atoms with E-state index >= 15 is 0 Å². The van der Waals surface area contributed by atoms with Crippen molar-refractivity contribution in [3.05, 3.63) is 46.8 Å². The Morgan fingerprint density at radius 1 is 1.26 bits per heavy atom. The van der Waals surface area contributed by atoms with Gasteiger partial charge < -0.3 is 5.11 Å². The molecule has 23 heavy (non-hydrogen) atoms. The van der Waals surface area contributed by atoms with Gasteiger partial charge in [0.05, 0.1) is 12.2 Å². The van der Waals surface area contributed by atoms with Crippen molar-refractivity contribution >= 4 is 5.97 Å². The average molecular weight is 313 g/mol. The predicted molar refractivity (Wildman–Crippen MR) is 87.8 cm³/mol. The normalized spacial score (nSPS) is 15.4. The Kier molecular flexibility index (Phi) is 3.96. The largest absolute Gasteiger partial charge is 0.476 e. The third-order valence-corrected chi connectivity index (χ3v) is 4.62. The third kappa shape index (κ3) is 3.14. The molecular formula is C18H23N3O2. The van der Waals surface area contributed by atoms with Crippen molar-refractivity contribution < 1.29 is 9.90 Å². The van der Waals surface area contributed by atoms with Crippen LogP contribution in [0.25, 0.3) is 0 Å². The van der Waals surface area contributed by atoms with Crippen LogP contribution in [0.1, 0.15) is 73.3 Å². The molecule has 2 aromatic rings. The summed E-state index contributed by atoms with van der Waals surface area (Å²) in [4.78, 5) is 11.4. The van der Waals surface area contributed by atoms with Gasteiger partial charge in [-0.2, -0.15) is 0 Å². The Morgan fingerprint density at radius 3 is 2.39 bits per heavy atom. The van der Waals surface area contributed by atoms with E-state index in [0.29, 0.717) is 6.54 Å². The topological polar surface area (TPSA) is 68.0 Å². The molecular weight excluding hydrogens is 290 g/mol. The lowest BCUT2D eigenvalue weighted by Gasteiger charge is -2.26. The van der Waals surface area contributed by atoms with Gasteiger partial charge in [-0.1, -0.05) is 56.7 Å². The van der Waals surface area contributed by atoms with E-state index in [1.54, 1.807) is 4.68 Å². The number of hydrogen-bond donors (Lipinski definition) is 1. The van der Waals surface area contributed by atoms with Crippen LogP contribution in [-0.2, 0) is 12.0 Å². The molecule has 0 bridgehead atoms. The van der Waals surface area contributed by atoms with Crippen molar-refractivity contribution in [3.63, 3.8) is 0 Å². The summed E-state index contributed by atoms with van der Waals surface area (Å²) >= 11 is 0. The third-order valence-electron chi connectivity index (χ3n) is 4.62. The van der Waals surface area contributed by atoms with Crippen molar-refractivity contribution in [1.82, 2.24) is 15.0 Å². The van der Waals surface area contributed by atoms with E-state index in [9.17, 15) is 9.90 Å². The lowest BCUT2D eigenvalue weighted by molar-refractivity contribution is 0.0687. The number of nitrogens with zero attached hydrogens (tertiary/aromatic N) is 3. The lowest BCUT2D eigenvalue weighted by Crippen LogP contribution is -2.19. The van der Waals surface area contributed by atoms with Gasteiger partial charge in [-0.15, -0.1) is 5.10 Å². The van der Waals surface area contributed by atoms with Gasteiger partial charge in [0.25, 0.3) is 0 Å². The average Bonchev–Trinajstić information content (AvgIpc) is 2.80. The zero-order valence-corrected chi connectivity index (χ0v) is 13.9. The maximum absolute atomic E-state index is 11.4. The fraction of sp³-hybridized carbons (Fsp3) is 0.500. The zero-order chi connectivity index (χ0) is 16.6. The van der Waals surface area contributed by atoms with E-state index in [2.05, 4.69) is 55.3 Å². The van der Waals surface area contributed by atoms with Crippen LogP contribution in [0.5, 0.6) is 0 Å². The monoisotopic (exact) mass is 313 g/mol. The summed E-state index contributed by atoms with van der Waals surface area (Å²) in [6.45, 7) is 7.13. The van der Waals surface area contributed by atoms with Crippen molar-refractivity contribution in [1.29, 1.82) is 0 Å².